The van der Waals surface area contributed by atoms with Gasteiger partial charge in [0, 0.05) is 11.6 Å². The lowest BCUT2D eigenvalue weighted by atomic mass is 10.1. The summed E-state index contributed by atoms with van der Waals surface area (Å²) in [5.41, 5.74) is 0.601. The van der Waals surface area contributed by atoms with Crippen molar-refractivity contribution < 1.29 is 23.6 Å². The lowest BCUT2D eigenvalue weighted by molar-refractivity contribution is -0.386. The van der Waals surface area contributed by atoms with Gasteiger partial charge in [0.05, 0.1) is 47.8 Å². The molecule has 2 heterocycles. The molecule has 0 fully saturated rings. The number of fused-ring (bicyclic) bond motifs is 2. The van der Waals surface area contributed by atoms with E-state index in [0.717, 1.165) is 4.68 Å². The van der Waals surface area contributed by atoms with E-state index in [2.05, 4.69) is 10.1 Å². The van der Waals surface area contributed by atoms with Crippen LogP contribution in [0.1, 0.15) is 25.8 Å². The quantitative estimate of drug-likeness (QED) is 0.130. The number of nitro benzene ring substituents is 1. The van der Waals surface area contributed by atoms with Crippen molar-refractivity contribution in [1.82, 2.24) is 9.66 Å². The number of nitrogens with zero attached hydrogens (tertiary/aromatic N) is 4. The molecule has 2 aromatic heterocycles. The molecule has 3 aromatic carbocycles. The van der Waals surface area contributed by atoms with Gasteiger partial charge in [-0.3, -0.25) is 14.9 Å². The first kappa shape index (κ1) is 26.4. The van der Waals surface area contributed by atoms with Gasteiger partial charge in [0.2, 0.25) is 11.6 Å². The second kappa shape index (κ2) is 10.9. The minimum Gasteiger partial charge on any atom is -0.496 e. The van der Waals surface area contributed by atoms with Crippen LogP contribution in [0.3, 0.4) is 0 Å². The Morgan fingerprint density at radius 1 is 1.07 bits per heavy atom. The van der Waals surface area contributed by atoms with Crippen LogP contribution in [0.15, 0.2) is 75.0 Å². The fourth-order valence-corrected chi connectivity index (χ4v) is 4.21. The lowest BCUT2D eigenvalue weighted by Gasteiger charge is -2.16. The van der Waals surface area contributed by atoms with Crippen LogP contribution in [-0.2, 0) is 0 Å². The van der Waals surface area contributed by atoms with Gasteiger partial charge in [-0.05, 0) is 49.7 Å². The summed E-state index contributed by atoms with van der Waals surface area (Å²) in [6.45, 7) is 3.72. The Bertz CT molecular complexity index is 1820. The predicted molar refractivity (Wildman–Crippen MR) is 151 cm³/mol. The molecule has 0 radical (unpaired) electrons. The molecule has 1 atom stereocenters. The molecule has 11 heteroatoms. The average molecular weight is 543 g/mol. The molecule has 11 nitrogen and oxygen atoms in total. The first-order valence-electron chi connectivity index (χ1n) is 12.5. The molecule has 0 N–H and O–H groups in total. The van der Waals surface area contributed by atoms with Crippen molar-refractivity contribution in [3.8, 4) is 28.8 Å². The SMILES string of the molecule is CC[C@H](C)Oc1c(OC)cc(C=Nn2c(-c3cc4c(OC)cccc4o3)nc3ccccc3c2=O)cc1[N+](=O)[O-]. The van der Waals surface area contributed by atoms with E-state index < -0.39 is 10.5 Å². The zero-order valence-electron chi connectivity index (χ0n) is 22.3. The van der Waals surface area contributed by atoms with E-state index in [1.165, 1.54) is 19.4 Å². The van der Waals surface area contributed by atoms with Crippen LogP contribution in [0.2, 0.25) is 0 Å². The molecular weight excluding hydrogens is 516 g/mol. The lowest BCUT2D eigenvalue weighted by Crippen LogP contribution is -2.20. The van der Waals surface area contributed by atoms with Gasteiger partial charge in [-0.1, -0.05) is 25.1 Å². The number of methoxy groups -OCH3 is 2. The Morgan fingerprint density at radius 3 is 2.58 bits per heavy atom. The van der Waals surface area contributed by atoms with Crippen molar-refractivity contribution in [1.29, 1.82) is 0 Å². The highest BCUT2D eigenvalue weighted by atomic mass is 16.6. The number of nitro groups is 1. The van der Waals surface area contributed by atoms with E-state index in [-0.39, 0.29) is 29.1 Å². The largest absolute Gasteiger partial charge is 0.496 e. The van der Waals surface area contributed by atoms with Crippen molar-refractivity contribution in [2.75, 3.05) is 14.2 Å². The Morgan fingerprint density at radius 2 is 1.85 bits per heavy atom. The maximum absolute atomic E-state index is 13.6. The summed E-state index contributed by atoms with van der Waals surface area (Å²) in [7, 11) is 2.96. The molecule has 5 rings (SSSR count). The molecule has 5 aromatic rings. The maximum Gasteiger partial charge on any atom is 0.315 e. The number of hydrogen-bond acceptors (Lipinski definition) is 9. The van der Waals surface area contributed by atoms with E-state index in [9.17, 15) is 14.9 Å². The van der Waals surface area contributed by atoms with Crippen molar-refractivity contribution in [3.05, 3.63) is 86.7 Å². The van der Waals surface area contributed by atoms with E-state index in [4.69, 9.17) is 18.6 Å². The Hall–Kier alpha value is -5.19. The molecule has 0 bridgehead atoms. The third kappa shape index (κ3) is 4.84. The fraction of sp³-hybridized carbons (Fsp3) is 0.207. The van der Waals surface area contributed by atoms with E-state index >= 15 is 0 Å². The van der Waals surface area contributed by atoms with Crippen LogP contribution >= 0.6 is 0 Å². The number of benzene rings is 3. The zero-order valence-corrected chi connectivity index (χ0v) is 22.3. The van der Waals surface area contributed by atoms with Gasteiger partial charge in [-0.2, -0.15) is 9.78 Å². The molecule has 0 aliphatic rings. The molecule has 0 aliphatic carbocycles. The third-order valence-corrected chi connectivity index (χ3v) is 6.41. The highest BCUT2D eigenvalue weighted by molar-refractivity contribution is 5.89. The van der Waals surface area contributed by atoms with Crippen LogP contribution in [0.4, 0.5) is 5.69 Å². The summed E-state index contributed by atoms with van der Waals surface area (Å²) in [5.74, 6) is 1.24. The minimum atomic E-state index is -0.547. The van der Waals surface area contributed by atoms with Crippen LogP contribution in [0, 0.1) is 10.1 Å². The zero-order chi connectivity index (χ0) is 28.4. The number of aromatic nitrogens is 2. The summed E-state index contributed by atoms with van der Waals surface area (Å²) in [5, 5.41) is 17.4. The van der Waals surface area contributed by atoms with E-state index in [1.807, 2.05) is 13.8 Å². The molecule has 0 saturated carbocycles. The van der Waals surface area contributed by atoms with Gasteiger partial charge in [0.15, 0.2) is 11.5 Å². The third-order valence-electron chi connectivity index (χ3n) is 6.41. The number of hydrogen-bond donors (Lipinski definition) is 0. The van der Waals surface area contributed by atoms with Crippen LogP contribution in [0.25, 0.3) is 33.5 Å². The number of para-hydroxylation sites is 1. The fourth-order valence-electron chi connectivity index (χ4n) is 4.21. The van der Waals surface area contributed by atoms with Crippen molar-refractivity contribution in [3.63, 3.8) is 0 Å². The Kier molecular flexibility index (Phi) is 7.19. The molecule has 204 valence electrons. The smallest absolute Gasteiger partial charge is 0.315 e. The van der Waals surface area contributed by atoms with Gasteiger partial charge in [-0.25, -0.2) is 4.98 Å². The topological polar surface area (TPSA) is 131 Å². The Balaban J connectivity index is 1.68. The minimum absolute atomic E-state index is 0.0282. The van der Waals surface area contributed by atoms with Crippen molar-refractivity contribution >= 4 is 33.8 Å². The highest BCUT2D eigenvalue weighted by Gasteiger charge is 2.24. The Labute approximate surface area is 228 Å². The van der Waals surface area contributed by atoms with Crippen LogP contribution in [-0.4, -0.2) is 41.1 Å². The molecular formula is C29H26N4O7. The van der Waals surface area contributed by atoms with Crippen LogP contribution < -0.4 is 19.8 Å². The first-order chi connectivity index (χ1) is 19.3. The summed E-state index contributed by atoms with van der Waals surface area (Å²) in [6, 6.07) is 16.9. The molecule has 40 heavy (non-hydrogen) atoms. The summed E-state index contributed by atoms with van der Waals surface area (Å²) >= 11 is 0. The summed E-state index contributed by atoms with van der Waals surface area (Å²) < 4.78 is 23.8. The number of rotatable bonds is 9. The maximum atomic E-state index is 13.6. The van der Waals surface area contributed by atoms with Gasteiger partial charge >= 0.3 is 5.69 Å². The second-order valence-corrected chi connectivity index (χ2v) is 8.96. The van der Waals surface area contributed by atoms with Crippen molar-refractivity contribution in [2.24, 2.45) is 5.10 Å². The van der Waals surface area contributed by atoms with Crippen LogP contribution in [0.5, 0.6) is 17.2 Å². The molecule has 0 amide bonds. The first-order valence-corrected chi connectivity index (χ1v) is 12.5. The van der Waals surface area contributed by atoms with Crippen molar-refractivity contribution in [2.45, 2.75) is 26.4 Å². The van der Waals surface area contributed by atoms with E-state index in [1.54, 1.807) is 61.7 Å². The van der Waals surface area contributed by atoms with E-state index in [0.29, 0.717) is 45.4 Å². The average Bonchev–Trinajstić information content (AvgIpc) is 3.41. The van der Waals surface area contributed by atoms with Gasteiger partial charge < -0.3 is 18.6 Å². The van der Waals surface area contributed by atoms with Gasteiger partial charge in [0.25, 0.3) is 5.56 Å². The summed E-state index contributed by atoms with van der Waals surface area (Å²) in [6.07, 6.45) is 1.71. The second-order valence-electron chi connectivity index (χ2n) is 8.96. The number of furan rings is 1. The number of ether oxygens (including phenoxy) is 3. The molecule has 0 spiro atoms. The monoisotopic (exact) mass is 542 g/mol. The highest BCUT2D eigenvalue weighted by Crippen LogP contribution is 2.39. The molecule has 0 aliphatic heterocycles. The summed E-state index contributed by atoms with van der Waals surface area (Å²) in [4.78, 5) is 29.6. The molecule has 0 saturated heterocycles. The molecule has 0 unspecified atom stereocenters. The van der Waals surface area contributed by atoms with Gasteiger partial charge in [-0.15, -0.1) is 0 Å². The standard InChI is InChI=1S/C29H26N4O7/c1-5-17(2)39-27-22(33(35)36)13-18(14-25(27)38-4)16-30-32-28(31-21-10-7-6-9-19(21)29(32)34)26-15-20-23(37-3)11-8-12-24(20)40-26/h6-17H,5H2,1-4H3/t17-/m0/s1. The predicted octanol–water partition coefficient (Wildman–Crippen LogP) is 5.79. The normalized spacial score (nSPS) is 12.2. The van der Waals surface area contributed by atoms with Gasteiger partial charge in [0.1, 0.15) is 11.3 Å².